The Morgan fingerprint density at radius 2 is 1.43 bits per heavy atom. The van der Waals surface area contributed by atoms with Gasteiger partial charge in [-0.1, -0.05) is 48.5 Å². The summed E-state index contributed by atoms with van der Waals surface area (Å²) < 4.78 is 25.2. The second-order valence-corrected chi connectivity index (χ2v) is 8.32. The van der Waals surface area contributed by atoms with Crippen LogP contribution in [0.25, 0.3) is 0 Å². The maximum Gasteiger partial charge on any atom is 0.181 e. The fourth-order valence-corrected chi connectivity index (χ4v) is 3.38. The van der Waals surface area contributed by atoms with Crippen molar-refractivity contribution in [2.24, 2.45) is 0 Å². The third-order valence-corrected chi connectivity index (χ3v) is 4.79. The summed E-state index contributed by atoms with van der Waals surface area (Å²) in [6, 6.07) is 17.6. The summed E-state index contributed by atoms with van der Waals surface area (Å²) in [5.41, 5.74) is 0.236. The van der Waals surface area contributed by atoms with Gasteiger partial charge >= 0.3 is 0 Å². The van der Waals surface area contributed by atoms with E-state index in [4.69, 9.17) is 9.78 Å². The number of rotatable bonds is 6. The van der Waals surface area contributed by atoms with Gasteiger partial charge < -0.3 is 0 Å². The Labute approximate surface area is 137 Å². The van der Waals surface area contributed by atoms with Crippen LogP contribution in [0.2, 0.25) is 0 Å². The van der Waals surface area contributed by atoms with Crippen LogP contribution >= 0.6 is 0 Å². The lowest BCUT2D eigenvalue weighted by molar-refractivity contribution is -0.372. The van der Waals surface area contributed by atoms with Crippen molar-refractivity contribution in [3.8, 4) is 0 Å². The van der Waals surface area contributed by atoms with Crippen LogP contribution in [-0.2, 0) is 19.6 Å². The second-order valence-electron chi connectivity index (χ2n) is 6.29. The number of hydrogen-bond donors (Lipinski definition) is 0. The molecule has 0 saturated heterocycles. The lowest BCUT2D eigenvalue weighted by Crippen LogP contribution is -2.24. The van der Waals surface area contributed by atoms with Gasteiger partial charge in [0.15, 0.2) is 9.84 Å². The molecule has 0 spiro atoms. The Morgan fingerprint density at radius 3 is 1.96 bits per heavy atom. The molecule has 23 heavy (non-hydrogen) atoms. The highest BCUT2D eigenvalue weighted by Crippen LogP contribution is 2.25. The van der Waals surface area contributed by atoms with E-state index in [0.29, 0.717) is 0 Å². The van der Waals surface area contributed by atoms with Crippen molar-refractivity contribution >= 4 is 9.84 Å². The molecule has 124 valence electrons. The standard InChI is InChI=1S/C18H22O4S/c1-18(2,3)22-21-17(15-10-6-4-7-11-15)14-23(19,20)16-12-8-5-9-13-16/h4-13,17H,14H2,1-3H3. The van der Waals surface area contributed by atoms with E-state index in [0.717, 1.165) is 5.56 Å². The summed E-state index contributed by atoms with van der Waals surface area (Å²) in [5.74, 6) is -0.183. The maximum atomic E-state index is 12.6. The molecule has 1 atom stereocenters. The van der Waals surface area contributed by atoms with Gasteiger partial charge in [-0.3, -0.25) is 0 Å². The topological polar surface area (TPSA) is 52.6 Å². The van der Waals surface area contributed by atoms with Gasteiger partial charge in [-0.15, -0.1) is 0 Å². The zero-order valence-electron chi connectivity index (χ0n) is 13.6. The molecule has 4 nitrogen and oxygen atoms in total. The van der Waals surface area contributed by atoms with Crippen LogP contribution in [0.4, 0.5) is 0 Å². The van der Waals surface area contributed by atoms with Crippen LogP contribution < -0.4 is 0 Å². The maximum absolute atomic E-state index is 12.6. The molecule has 0 heterocycles. The zero-order valence-corrected chi connectivity index (χ0v) is 14.4. The molecule has 2 rings (SSSR count). The van der Waals surface area contributed by atoms with E-state index in [1.165, 1.54) is 0 Å². The molecule has 0 aliphatic heterocycles. The molecule has 0 N–H and O–H groups in total. The third kappa shape index (κ3) is 5.46. The van der Waals surface area contributed by atoms with Crippen molar-refractivity contribution < 1.29 is 18.2 Å². The Bertz CT molecular complexity index is 704. The summed E-state index contributed by atoms with van der Waals surface area (Å²) in [5, 5.41) is 0. The number of hydrogen-bond acceptors (Lipinski definition) is 4. The predicted octanol–water partition coefficient (Wildman–Crippen LogP) is 3.95. The van der Waals surface area contributed by atoms with Crippen LogP contribution in [0.15, 0.2) is 65.6 Å². The molecule has 2 aromatic rings. The fraction of sp³-hybridized carbons (Fsp3) is 0.333. The van der Waals surface area contributed by atoms with Gasteiger partial charge in [0.2, 0.25) is 0 Å². The lowest BCUT2D eigenvalue weighted by atomic mass is 10.1. The Morgan fingerprint density at radius 1 is 0.913 bits per heavy atom. The van der Waals surface area contributed by atoms with Crippen molar-refractivity contribution in [2.45, 2.75) is 37.4 Å². The van der Waals surface area contributed by atoms with E-state index < -0.39 is 21.5 Å². The smallest absolute Gasteiger partial charge is 0.181 e. The first-order valence-electron chi connectivity index (χ1n) is 7.45. The van der Waals surface area contributed by atoms with Gasteiger partial charge in [-0.25, -0.2) is 18.2 Å². The Hall–Kier alpha value is -1.69. The van der Waals surface area contributed by atoms with E-state index >= 15 is 0 Å². The molecule has 0 aromatic heterocycles. The first-order chi connectivity index (χ1) is 10.8. The molecule has 1 unspecified atom stereocenters. The second kappa shape index (κ2) is 7.25. The summed E-state index contributed by atoms with van der Waals surface area (Å²) in [6.07, 6.45) is -0.694. The summed E-state index contributed by atoms with van der Waals surface area (Å²) >= 11 is 0. The summed E-state index contributed by atoms with van der Waals surface area (Å²) in [7, 11) is -3.48. The first-order valence-corrected chi connectivity index (χ1v) is 9.10. The van der Waals surface area contributed by atoms with Gasteiger partial charge in [-0.05, 0) is 38.5 Å². The van der Waals surface area contributed by atoms with Crippen LogP contribution in [0.3, 0.4) is 0 Å². The molecule has 0 aliphatic rings. The normalized spacial score (nSPS) is 13.7. The number of sulfone groups is 1. The van der Waals surface area contributed by atoms with Crippen LogP contribution in [0, 0.1) is 0 Å². The minimum absolute atomic E-state index is 0.183. The third-order valence-electron chi connectivity index (χ3n) is 3.06. The van der Waals surface area contributed by atoms with Gasteiger partial charge in [0.05, 0.1) is 16.2 Å². The van der Waals surface area contributed by atoms with Crippen molar-refractivity contribution in [2.75, 3.05) is 5.75 Å². The van der Waals surface area contributed by atoms with E-state index in [-0.39, 0.29) is 10.6 Å². The molecule has 2 aromatic carbocycles. The minimum Gasteiger partial charge on any atom is -0.230 e. The predicted molar refractivity (Wildman–Crippen MR) is 89.6 cm³/mol. The van der Waals surface area contributed by atoms with E-state index in [2.05, 4.69) is 0 Å². The van der Waals surface area contributed by atoms with Crippen molar-refractivity contribution in [1.29, 1.82) is 0 Å². The highest BCUT2D eigenvalue weighted by Gasteiger charge is 2.26. The first kappa shape index (κ1) is 17.7. The molecular weight excluding hydrogens is 312 g/mol. The van der Waals surface area contributed by atoms with Gasteiger partial charge in [0.1, 0.15) is 6.10 Å². The molecule has 0 amide bonds. The number of benzene rings is 2. The fourth-order valence-electron chi connectivity index (χ4n) is 1.97. The Kier molecular flexibility index (Phi) is 5.57. The molecular formula is C18H22O4S. The van der Waals surface area contributed by atoms with Gasteiger partial charge in [0.25, 0.3) is 0 Å². The lowest BCUT2D eigenvalue weighted by Gasteiger charge is -2.23. The highest BCUT2D eigenvalue weighted by atomic mass is 32.2. The summed E-state index contributed by atoms with van der Waals surface area (Å²) in [6.45, 7) is 5.54. The molecule has 0 aliphatic carbocycles. The highest BCUT2D eigenvalue weighted by molar-refractivity contribution is 7.91. The van der Waals surface area contributed by atoms with Gasteiger partial charge in [0, 0.05) is 0 Å². The average molecular weight is 334 g/mol. The molecule has 5 heteroatoms. The van der Waals surface area contributed by atoms with Crippen molar-refractivity contribution in [3.05, 3.63) is 66.2 Å². The van der Waals surface area contributed by atoms with Crippen LogP contribution in [0.1, 0.15) is 32.4 Å². The zero-order chi connectivity index (χ0) is 16.9. The minimum atomic E-state index is -3.48. The average Bonchev–Trinajstić information content (AvgIpc) is 2.52. The van der Waals surface area contributed by atoms with Crippen molar-refractivity contribution in [1.82, 2.24) is 0 Å². The molecule has 0 saturated carbocycles. The van der Waals surface area contributed by atoms with Crippen molar-refractivity contribution in [3.63, 3.8) is 0 Å². The molecule has 0 radical (unpaired) electrons. The van der Waals surface area contributed by atoms with Crippen LogP contribution in [-0.4, -0.2) is 19.8 Å². The molecule has 0 fully saturated rings. The monoisotopic (exact) mass is 334 g/mol. The SMILES string of the molecule is CC(C)(C)OOC(CS(=O)(=O)c1ccccc1)c1ccccc1. The van der Waals surface area contributed by atoms with E-state index in [1.54, 1.807) is 30.3 Å². The van der Waals surface area contributed by atoms with E-state index in [9.17, 15) is 8.42 Å². The van der Waals surface area contributed by atoms with Gasteiger partial charge in [-0.2, -0.15) is 0 Å². The molecule has 0 bridgehead atoms. The quantitative estimate of drug-likeness (QED) is 0.593. The van der Waals surface area contributed by atoms with E-state index in [1.807, 2.05) is 51.1 Å². The van der Waals surface area contributed by atoms with Crippen LogP contribution in [0.5, 0.6) is 0 Å². The Balaban J connectivity index is 2.24. The summed E-state index contributed by atoms with van der Waals surface area (Å²) in [4.78, 5) is 11.1. The largest absolute Gasteiger partial charge is 0.230 e.